The molecule has 1 saturated heterocycles. The second kappa shape index (κ2) is 5.69. The fourth-order valence-electron chi connectivity index (χ4n) is 2.90. The molecule has 6 heteroatoms. The number of likely N-dealkylation sites (tertiary alicyclic amines) is 1. The first kappa shape index (κ1) is 14.4. The van der Waals surface area contributed by atoms with Crippen LogP contribution in [0.2, 0.25) is 0 Å². The smallest absolute Gasteiger partial charge is 0.254 e. The molecule has 1 aromatic heterocycles. The summed E-state index contributed by atoms with van der Waals surface area (Å²) in [6.45, 7) is 7.28. The average molecular weight is 304 g/mol. The number of amides is 1. The molecule has 1 N–H and O–H groups in total. The molecule has 1 amide bonds. The first-order valence-electron chi connectivity index (χ1n) is 7.31. The summed E-state index contributed by atoms with van der Waals surface area (Å²) in [6, 6.07) is 5.54. The molecule has 5 nitrogen and oxygen atoms in total. The predicted molar refractivity (Wildman–Crippen MR) is 84.6 cm³/mol. The van der Waals surface area contributed by atoms with E-state index in [0.29, 0.717) is 11.1 Å². The van der Waals surface area contributed by atoms with E-state index in [4.69, 9.17) is 0 Å². The maximum atomic E-state index is 12.6. The number of rotatable bonds is 4. The molecule has 1 fully saturated rings. The fourth-order valence-corrected chi connectivity index (χ4v) is 3.45. The summed E-state index contributed by atoms with van der Waals surface area (Å²) in [5.41, 5.74) is 1.82. The van der Waals surface area contributed by atoms with Gasteiger partial charge in [-0.05, 0) is 51.9 Å². The largest absolute Gasteiger partial charge is 0.346 e. The summed E-state index contributed by atoms with van der Waals surface area (Å²) in [5, 5.41) is 3.14. The van der Waals surface area contributed by atoms with Crippen LogP contribution < -0.4 is 5.32 Å². The Morgan fingerprint density at radius 2 is 2.10 bits per heavy atom. The van der Waals surface area contributed by atoms with Crippen molar-refractivity contribution in [3.8, 4) is 0 Å². The maximum absolute atomic E-state index is 12.6. The van der Waals surface area contributed by atoms with E-state index >= 15 is 0 Å². The molecule has 0 aliphatic carbocycles. The van der Waals surface area contributed by atoms with Gasteiger partial charge in [-0.1, -0.05) is 6.07 Å². The van der Waals surface area contributed by atoms with Crippen LogP contribution in [0.25, 0.3) is 11.0 Å². The molecule has 1 aliphatic heterocycles. The van der Waals surface area contributed by atoms with Crippen LogP contribution in [0.4, 0.5) is 0 Å². The van der Waals surface area contributed by atoms with Crippen LogP contribution in [0, 0.1) is 0 Å². The van der Waals surface area contributed by atoms with Crippen LogP contribution in [-0.2, 0) is 0 Å². The van der Waals surface area contributed by atoms with Gasteiger partial charge >= 0.3 is 0 Å². The molecule has 2 heterocycles. The van der Waals surface area contributed by atoms with E-state index in [1.165, 1.54) is 12.8 Å². The number of fused-ring (bicyclic) bond motifs is 1. The first-order valence-corrected chi connectivity index (χ1v) is 8.04. The van der Waals surface area contributed by atoms with Crippen LogP contribution in [-0.4, -0.2) is 44.7 Å². The Morgan fingerprint density at radius 3 is 2.86 bits per heavy atom. The zero-order valence-corrected chi connectivity index (χ0v) is 13.2. The Balaban J connectivity index is 1.74. The fraction of sp³-hybridized carbons (Fsp3) is 0.533. The lowest BCUT2D eigenvalue weighted by Gasteiger charge is -2.31. The third-order valence-electron chi connectivity index (χ3n) is 3.80. The number of carbonyl (C=O) groups is 1. The Labute approximate surface area is 128 Å². The number of benzene rings is 1. The third-order valence-corrected chi connectivity index (χ3v) is 4.34. The number of hydrogen-bond donors (Lipinski definition) is 1. The van der Waals surface area contributed by atoms with Gasteiger partial charge in [-0.15, -0.1) is 0 Å². The second-order valence-electron chi connectivity index (χ2n) is 6.26. The number of nitrogens with zero attached hydrogens (tertiary/aromatic N) is 3. The second-order valence-corrected chi connectivity index (χ2v) is 6.79. The summed E-state index contributed by atoms with van der Waals surface area (Å²) < 4.78 is 8.42. The van der Waals surface area contributed by atoms with Crippen LogP contribution in [0.5, 0.6) is 0 Å². The van der Waals surface area contributed by atoms with Gasteiger partial charge in [0.2, 0.25) is 0 Å². The van der Waals surface area contributed by atoms with E-state index in [2.05, 4.69) is 32.8 Å². The van der Waals surface area contributed by atoms with E-state index in [1.807, 2.05) is 18.2 Å². The Bertz CT molecular complexity index is 646. The van der Waals surface area contributed by atoms with Crippen molar-refractivity contribution >= 4 is 28.7 Å². The van der Waals surface area contributed by atoms with Gasteiger partial charge in [0.05, 0.1) is 17.3 Å². The van der Waals surface area contributed by atoms with E-state index in [1.54, 1.807) is 0 Å². The zero-order valence-electron chi connectivity index (χ0n) is 12.4. The molecular weight excluding hydrogens is 284 g/mol. The number of nitrogens with one attached hydrogen (secondary N) is 1. The van der Waals surface area contributed by atoms with Crippen molar-refractivity contribution in [3.05, 3.63) is 23.8 Å². The molecule has 21 heavy (non-hydrogen) atoms. The van der Waals surface area contributed by atoms with Crippen LogP contribution >= 0.6 is 11.7 Å². The Hall–Kier alpha value is -1.53. The SMILES string of the molecule is CC(C)(CN1CCCC1)NC(=O)c1cccc2nsnc12. The van der Waals surface area contributed by atoms with Gasteiger partial charge in [0.15, 0.2) is 0 Å². The molecule has 0 bridgehead atoms. The summed E-state index contributed by atoms with van der Waals surface area (Å²) >= 11 is 1.14. The Morgan fingerprint density at radius 1 is 1.33 bits per heavy atom. The normalized spacial score (nSPS) is 16.5. The quantitative estimate of drug-likeness (QED) is 0.941. The lowest BCUT2D eigenvalue weighted by molar-refractivity contribution is 0.0895. The van der Waals surface area contributed by atoms with Crippen LogP contribution in [0.3, 0.4) is 0 Å². The minimum Gasteiger partial charge on any atom is -0.346 e. The highest BCUT2D eigenvalue weighted by molar-refractivity contribution is 7.00. The molecule has 0 unspecified atom stereocenters. The molecule has 1 aliphatic rings. The molecule has 0 spiro atoms. The van der Waals surface area contributed by atoms with Crippen molar-refractivity contribution in [1.82, 2.24) is 19.0 Å². The van der Waals surface area contributed by atoms with E-state index in [9.17, 15) is 4.79 Å². The van der Waals surface area contributed by atoms with Gasteiger partial charge < -0.3 is 10.2 Å². The van der Waals surface area contributed by atoms with Crippen molar-refractivity contribution in [2.24, 2.45) is 0 Å². The molecule has 112 valence electrons. The van der Waals surface area contributed by atoms with Crippen molar-refractivity contribution in [2.75, 3.05) is 19.6 Å². The molecule has 0 saturated carbocycles. The standard InChI is InChI=1S/C15H20N4OS/c1-15(2,10-19-8-3-4-9-19)16-14(20)11-6-5-7-12-13(11)18-21-17-12/h5-7H,3-4,8-10H2,1-2H3,(H,16,20). The highest BCUT2D eigenvalue weighted by Gasteiger charge is 2.26. The van der Waals surface area contributed by atoms with Gasteiger partial charge in [-0.25, -0.2) is 0 Å². The van der Waals surface area contributed by atoms with Crippen molar-refractivity contribution in [2.45, 2.75) is 32.2 Å². The Kier molecular flexibility index (Phi) is 3.91. The van der Waals surface area contributed by atoms with Gasteiger partial charge in [0, 0.05) is 12.1 Å². The highest BCUT2D eigenvalue weighted by atomic mass is 32.1. The van der Waals surface area contributed by atoms with Gasteiger partial charge in [0.1, 0.15) is 11.0 Å². The zero-order chi connectivity index (χ0) is 14.9. The third kappa shape index (κ3) is 3.22. The van der Waals surface area contributed by atoms with E-state index < -0.39 is 0 Å². The highest BCUT2D eigenvalue weighted by Crippen LogP contribution is 2.18. The van der Waals surface area contributed by atoms with Gasteiger partial charge in [-0.3, -0.25) is 4.79 Å². The summed E-state index contributed by atoms with van der Waals surface area (Å²) in [7, 11) is 0. The van der Waals surface area contributed by atoms with E-state index in [-0.39, 0.29) is 11.4 Å². The van der Waals surface area contributed by atoms with Gasteiger partial charge in [-0.2, -0.15) is 8.75 Å². The summed E-state index contributed by atoms with van der Waals surface area (Å²) in [4.78, 5) is 15.0. The lowest BCUT2D eigenvalue weighted by Crippen LogP contribution is -2.51. The average Bonchev–Trinajstić information content (AvgIpc) is 3.07. The molecule has 0 radical (unpaired) electrons. The molecule has 2 aromatic rings. The lowest BCUT2D eigenvalue weighted by atomic mass is 10.0. The maximum Gasteiger partial charge on any atom is 0.254 e. The van der Waals surface area contributed by atoms with Gasteiger partial charge in [0.25, 0.3) is 5.91 Å². The van der Waals surface area contributed by atoms with E-state index in [0.717, 1.165) is 36.9 Å². The topological polar surface area (TPSA) is 58.1 Å². The van der Waals surface area contributed by atoms with Crippen molar-refractivity contribution < 1.29 is 4.79 Å². The molecular formula is C15H20N4OS. The molecule has 3 rings (SSSR count). The first-order chi connectivity index (χ1) is 10.1. The van der Waals surface area contributed by atoms with Crippen LogP contribution in [0.15, 0.2) is 18.2 Å². The van der Waals surface area contributed by atoms with Crippen LogP contribution in [0.1, 0.15) is 37.0 Å². The number of carbonyl (C=O) groups excluding carboxylic acids is 1. The summed E-state index contributed by atoms with van der Waals surface area (Å²) in [6.07, 6.45) is 2.52. The summed E-state index contributed by atoms with van der Waals surface area (Å²) in [5.74, 6) is -0.0718. The predicted octanol–water partition coefficient (Wildman–Crippen LogP) is 2.30. The number of hydrogen-bond acceptors (Lipinski definition) is 5. The van der Waals surface area contributed by atoms with Crippen molar-refractivity contribution in [1.29, 1.82) is 0 Å². The minimum absolute atomic E-state index is 0.0718. The molecule has 0 atom stereocenters. The minimum atomic E-state index is -0.257. The van der Waals surface area contributed by atoms with Crippen molar-refractivity contribution in [3.63, 3.8) is 0 Å². The number of aromatic nitrogens is 2. The monoisotopic (exact) mass is 304 g/mol. The molecule has 1 aromatic carbocycles.